The van der Waals surface area contributed by atoms with E-state index in [0.717, 1.165) is 30.7 Å². The van der Waals surface area contributed by atoms with Gasteiger partial charge in [-0.15, -0.1) is 0 Å². The van der Waals surface area contributed by atoms with Gasteiger partial charge in [-0.25, -0.2) is 8.78 Å². The lowest BCUT2D eigenvalue weighted by molar-refractivity contribution is 0.296. The first-order chi connectivity index (χ1) is 12.7. The minimum Gasteiger partial charge on any atom is -0.256 e. The fraction of sp³-hybridized carbons (Fsp3) is 0.435. The van der Waals surface area contributed by atoms with Crippen LogP contribution in [0.3, 0.4) is 0 Å². The summed E-state index contributed by atoms with van der Waals surface area (Å²) < 4.78 is 26.4. The monoisotopic (exact) mass is 355 g/mol. The van der Waals surface area contributed by atoms with Crippen LogP contribution >= 0.6 is 0 Å². The van der Waals surface area contributed by atoms with Crippen molar-refractivity contribution in [2.75, 3.05) is 0 Å². The molecular formula is C23H27F2N. The maximum absolute atomic E-state index is 13.4. The molecule has 1 aliphatic carbocycles. The average Bonchev–Trinajstić information content (AvgIpc) is 2.68. The van der Waals surface area contributed by atoms with Gasteiger partial charge < -0.3 is 0 Å². The SMILES string of the molecule is CCC=CC1CCC(CCc2ccc(-c3ccc(F)c(F)c3)nc2)CC1. The molecule has 0 radical (unpaired) electrons. The van der Waals surface area contributed by atoms with Crippen LogP contribution in [-0.2, 0) is 6.42 Å². The van der Waals surface area contributed by atoms with Crippen molar-refractivity contribution in [3.8, 4) is 11.3 Å². The summed E-state index contributed by atoms with van der Waals surface area (Å²) in [7, 11) is 0. The number of benzene rings is 1. The van der Waals surface area contributed by atoms with Crippen molar-refractivity contribution in [1.29, 1.82) is 0 Å². The highest BCUT2D eigenvalue weighted by molar-refractivity contribution is 5.59. The number of aromatic nitrogens is 1. The van der Waals surface area contributed by atoms with Crippen LogP contribution in [0, 0.1) is 23.5 Å². The van der Waals surface area contributed by atoms with Gasteiger partial charge in [-0.2, -0.15) is 0 Å². The van der Waals surface area contributed by atoms with Crippen LogP contribution < -0.4 is 0 Å². The fourth-order valence-electron chi connectivity index (χ4n) is 3.77. The maximum Gasteiger partial charge on any atom is 0.159 e. The first-order valence-electron chi connectivity index (χ1n) is 9.72. The van der Waals surface area contributed by atoms with E-state index in [1.54, 1.807) is 6.07 Å². The normalized spacial score (nSPS) is 20.6. The summed E-state index contributed by atoms with van der Waals surface area (Å²) in [6.07, 6.45) is 15.2. The molecule has 0 amide bonds. The summed E-state index contributed by atoms with van der Waals surface area (Å²) >= 11 is 0. The molecule has 1 aromatic heterocycles. The molecule has 2 aromatic rings. The molecule has 1 fully saturated rings. The number of aryl methyl sites for hydroxylation is 1. The highest BCUT2D eigenvalue weighted by Crippen LogP contribution is 2.32. The van der Waals surface area contributed by atoms with Crippen molar-refractivity contribution in [3.05, 3.63) is 65.9 Å². The zero-order chi connectivity index (χ0) is 18.4. The fourth-order valence-corrected chi connectivity index (χ4v) is 3.77. The van der Waals surface area contributed by atoms with Gasteiger partial charge in [0.2, 0.25) is 0 Å². The van der Waals surface area contributed by atoms with E-state index >= 15 is 0 Å². The molecule has 0 unspecified atom stereocenters. The van der Waals surface area contributed by atoms with Crippen molar-refractivity contribution in [3.63, 3.8) is 0 Å². The van der Waals surface area contributed by atoms with Crippen LogP contribution in [0.4, 0.5) is 8.78 Å². The first-order valence-corrected chi connectivity index (χ1v) is 9.72. The van der Waals surface area contributed by atoms with Crippen molar-refractivity contribution in [1.82, 2.24) is 4.98 Å². The summed E-state index contributed by atoms with van der Waals surface area (Å²) in [6, 6.07) is 7.86. The molecule has 0 N–H and O–H groups in total. The largest absolute Gasteiger partial charge is 0.256 e. The quantitative estimate of drug-likeness (QED) is 0.523. The van der Waals surface area contributed by atoms with Gasteiger partial charge in [0.1, 0.15) is 0 Å². The highest BCUT2D eigenvalue weighted by atomic mass is 19.2. The highest BCUT2D eigenvalue weighted by Gasteiger charge is 2.19. The lowest BCUT2D eigenvalue weighted by atomic mass is 9.79. The molecule has 0 bridgehead atoms. The summed E-state index contributed by atoms with van der Waals surface area (Å²) in [5.41, 5.74) is 2.49. The molecule has 0 saturated heterocycles. The molecule has 3 rings (SSSR count). The average molecular weight is 355 g/mol. The topological polar surface area (TPSA) is 12.9 Å². The number of nitrogens with zero attached hydrogens (tertiary/aromatic N) is 1. The van der Waals surface area contributed by atoms with Crippen LogP contribution in [-0.4, -0.2) is 4.98 Å². The van der Waals surface area contributed by atoms with Crippen LogP contribution in [0.15, 0.2) is 48.7 Å². The Balaban J connectivity index is 1.50. The summed E-state index contributed by atoms with van der Waals surface area (Å²) in [4.78, 5) is 4.43. The predicted octanol–water partition coefficient (Wildman–Crippen LogP) is 6.73. The van der Waals surface area contributed by atoms with E-state index in [0.29, 0.717) is 11.3 Å². The molecule has 26 heavy (non-hydrogen) atoms. The van der Waals surface area contributed by atoms with Crippen molar-refractivity contribution < 1.29 is 8.78 Å². The summed E-state index contributed by atoms with van der Waals surface area (Å²) in [5.74, 6) is -0.0709. The van der Waals surface area contributed by atoms with Crippen molar-refractivity contribution in [2.45, 2.75) is 51.9 Å². The number of hydrogen-bond donors (Lipinski definition) is 0. The molecule has 1 nitrogen and oxygen atoms in total. The molecule has 0 atom stereocenters. The number of halogens is 2. The molecule has 3 heteroatoms. The lowest BCUT2D eigenvalue weighted by Gasteiger charge is -2.26. The smallest absolute Gasteiger partial charge is 0.159 e. The van der Waals surface area contributed by atoms with Crippen LogP contribution in [0.1, 0.15) is 51.0 Å². The third-order valence-corrected chi connectivity index (χ3v) is 5.42. The molecule has 0 spiro atoms. The van der Waals surface area contributed by atoms with Crippen LogP contribution in [0.25, 0.3) is 11.3 Å². The Morgan fingerprint density at radius 3 is 2.50 bits per heavy atom. The maximum atomic E-state index is 13.4. The second kappa shape index (κ2) is 9.07. The lowest BCUT2D eigenvalue weighted by Crippen LogP contribution is -2.13. The number of hydrogen-bond acceptors (Lipinski definition) is 1. The van der Waals surface area contributed by atoms with Crippen molar-refractivity contribution in [2.24, 2.45) is 11.8 Å². The minimum absolute atomic E-state index is 0.605. The van der Waals surface area contributed by atoms with Crippen LogP contribution in [0.2, 0.25) is 0 Å². The van der Waals surface area contributed by atoms with Crippen molar-refractivity contribution >= 4 is 0 Å². The molecule has 1 saturated carbocycles. The van der Waals surface area contributed by atoms with E-state index in [1.165, 1.54) is 43.7 Å². The third kappa shape index (κ3) is 5.00. The Morgan fingerprint density at radius 1 is 1.04 bits per heavy atom. The Kier molecular flexibility index (Phi) is 6.54. The number of rotatable bonds is 6. The van der Waals surface area contributed by atoms with E-state index in [4.69, 9.17) is 0 Å². The minimum atomic E-state index is -0.835. The van der Waals surface area contributed by atoms with Gasteiger partial charge in [0.25, 0.3) is 0 Å². The second-order valence-electron chi connectivity index (χ2n) is 7.34. The van der Waals surface area contributed by atoms with Gasteiger partial charge in [0, 0.05) is 11.8 Å². The van der Waals surface area contributed by atoms with Gasteiger partial charge in [-0.1, -0.05) is 25.1 Å². The standard InChI is InChI=1S/C23H27F2N/c1-2-3-4-17-5-7-18(8-6-17)9-10-19-11-14-23(26-16-19)20-12-13-21(24)22(25)15-20/h3-4,11-18H,2,5-10H2,1H3. The van der Waals surface area contributed by atoms with E-state index < -0.39 is 11.6 Å². The summed E-state index contributed by atoms with van der Waals surface area (Å²) in [5, 5.41) is 0. The molecule has 1 aliphatic rings. The summed E-state index contributed by atoms with van der Waals surface area (Å²) in [6.45, 7) is 2.19. The third-order valence-electron chi connectivity index (χ3n) is 5.42. The van der Waals surface area contributed by atoms with Crippen LogP contribution in [0.5, 0.6) is 0 Å². The first kappa shape index (κ1) is 18.8. The van der Waals surface area contributed by atoms with Gasteiger partial charge in [-0.3, -0.25) is 4.98 Å². The molecule has 0 aliphatic heterocycles. The Labute approximate surface area is 155 Å². The molecule has 1 heterocycles. The van der Waals surface area contributed by atoms with Gasteiger partial charge in [-0.05, 0) is 86.6 Å². The number of pyridine rings is 1. The Bertz CT molecular complexity index is 728. The van der Waals surface area contributed by atoms with Gasteiger partial charge in [0.15, 0.2) is 11.6 Å². The number of allylic oxidation sites excluding steroid dienone is 2. The zero-order valence-electron chi connectivity index (χ0n) is 15.4. The molecule has 138 valence electrons. The van der Waals surface area contributed by atoms with E-state index in [1.807, 2.05) is 12.3 Å². The Hall–Kier alpha value is -2.03. The predicted molar refractivity (Wildman–Crippen MR) is 103 cm³/mol. The van der Waals surface area contributed by atoms with E-state index in [9.17, 15) is 8.78 Å². The van der Waals surface area contributed by atoms with E-state index in [2.05, 4.69) is 30.1 Å². The van der Waals surface area contributed by atoms with Gasteiger partial charge in [0.05, 0.1) is 5.69 Å². The van der Waals surface area contributed by atoms with Gasteiger partial charge >= 0.3 is 0 Å². The Morgan fingerprint density at radius 2 is 1.85 bits per heavy atom. The second-order valence-corrected chi connectivity index (χ2v) is 7.34. The zero-order valence-corrected chi connectivity index (χ0v) is 15.4. The molecular weight excluding hydrogens is 328 g/mol. The molecule has 1 aromatic carbocycles. The van der Waals surface area contributed by atoms with E-state index in [-0.39, 0.29) is 0 Å².